The molecule has 2 fully saturated rings. The normalized spacial score (nSPS) is 30.2. The van der Waals surface area contributed by atoms with Gasteiger partial charge in [-0.3, -0.25) is 4.90 Å². The summed E-state index contributed by atoms with van der Waals surface area (Å²) in [7, 11) is 0. The minimum Gasteiger partial charge on any atom is -0.327 e. The van der Waals surface area contributed by atoms with Gasteiger partial charge in [0.05, 0.1) is 0 Å². The minimum atomic E-state index is 0. The van der Waals surface area contributed by atoms with Crippen molar-refractivity contribution in [2.45, 2.75) is 32.4 Å². The number of aryl methyl sites for hydroxylation is 1. The lowest BCUT2D eigenvalue weighted by Gasteiger charge is -2.19. The molecule has 0 bridgehead atoms. The molecule has 0 amide bonds. The Hall–Kier alpha value is -0.0900. The van der Waals surface area contributed by atoms with Crippen molar-refractivity contribution in [2.24, 2.45) is 17.6 Å². The number of nitrogens with zero attached hydrogens (tertiary/aromatic N) is 1. The SMILES string of the molecule is Cc1ccc(CN2CC3CCC(N)C3C2)c(Br)c1.Cl. The van der Waals surface area contributed by atoms with Crippen molar-refractivity contribution in [1.82, 2.24) is 4.90 Å². The van der Waals surface area contributed by atoms with Crippen LogP contribution in [0.1, 0.15) is 24.0 Å². The van der Waals surface area contributed by atoms with E-state index in [4.69, 9.17) is 5.73 Å². The number of halogens is 2. The minimum absolute atomic E-state index is 0. The second kappa shape index (κ2) is 6.13. The van der Waals surface area contributed by atoms with Gasteiger partial charge in [0.15, 0.2) is 0 Å². The maximum atomic E-state index is 6.19. The van der Waals surface area contributed by atoms with Crippen molar-refractivity contribution in [3.8, 4) is 0 Å². The van der Waals surface area contributed by atoms with Crippen molar-refractivity contribution >= 4 is 28.3 Å². The summed E-state index contributed by atoms with van der Waals surface area (Å²) in [4.78, 5) is 2.57. The molecule has 2 N–H and O–H groups in total. The maximum Gasteiger partial charge on any atom is 0.0245 e. The summed E-state index contributed by atoms with van der Waals surface area (Å²) in [6, 6.07) is 7.09. The van der Waals surface area contributed by atoms with Crippen LogP contribution in [0.2, 0.25) is 0 Å². The van der Waals surface area contributed by atoms with E-state index in [1.54, 1.807) is 0 Å². The van der Waals surface area contributed by atoms with Crippen LogP contribution in [0.15, 0.2) is 22.7 Å². The summed E-state index contributed by atoms with van der Waals surface area (Å²) < 4.78 is 1.24. The molecule has 0 aromatic heterocycles. The summed E-state index contributed by atoms with van der Waals surface area (Å²) in [5, 5.41) is 0. The Balaban J connectivity index is 0.00000133. The summed E-state index contributed by atoms with van der Waals surface area (Å²) in [6.07, 6.45) is 2.56. The molecule has 3 atom stereocenters. The predicted molar refractivity (Wildman–Crippen MR) is 85.6 cm³/mol. The molecule has 4 heteroatoms. The Morgan fingerprint density at radius 3 is 2.79 bits per heavy atom. The average Bonchev–Trinajstić information content (AvgIpc) is 2.86. The van der Waals surface area contributed by atoms with E-state index in [2.05, 4.69) is 46.0 Å². The fraction of sp³-hybridized carbons (Fsp3) is 0.600. The first kappa shape index (κ1) is 15.3. The molecule has 1 aromatic rings. The molecule has 19 heavy (non-hydrogen) atoms. The van der Waals surface area contributed by atoms with Gasteiger partial charge in [0, 0.05) is 30.1 Å². The maximum absolute atomic E-state index is 6.19. The first-order chi connectivity index (χ1) is 8.63. The molecule has 1 aliphatic heterocycles. The van der Waals surface area contributed by atoms with Crippen LogP contribution in [0, 0.1) is 18.8 Å². The molecular weight excluding hydrogens is 324 g/mol. The lowest BCUT2D eigenvalue weighted by atomic mass is 9.98. The highest BCUT2D eigenvalue weighted by atomic mass is 79.9. The highest BCUT2D eigenvalue weighted by Gasteiger charge is 2.40. The van der Waals surface area contributed by atoms with Crippen LogP contribution in [0.3, 0.4) is 0 Å². The fourth-order valence-electron chi connectivity index (χ4n) is 3.55. The van der Waals surface area contributed by atoms with E-state index in [0.29, 0.717) is 6.04 Å². The molecule has 2 aliphatic rings. The monoisotopic (exact) mass is 344 g/mol. The van der Waals surface area contributed by atoms with E-state index in [-0.39, 0.29) is 12.4 Å². The van der Waals surface area contributed by atoms with Gasteiger partial charge in [0.25, 0.3) is 0 Å². The zero-order valence-electron chi connectivity index (χ0n) is 11.3. The van der Waals surface area contributed by atoms with Gasteiger partial charge in [0.1, 0.15) is 0 Å². The second-order valence-electron chi connectivity index (χ2n) is 5.95. The first-order valence-electron chi connectivity index (χ1n) is 6.86. The third-order valence-corrected chi connectivity index (χ3v) is 5.33. The van der Waals surface area contributed by atoms with Crippen LogP contribution in [0.5, 0.6) is 0 Å². The van der Waals surface area contributed by atoms with Gasteiger partial charge in [-0.2, -0.15) is 0 Å². The quantitative estimate of drug-likeness (QED) is 0.890. The van der Waals surface area contributed by atoms with Gasteiger partial charge in [-0.15, -0.1) is 12.4 Å². The zero-order chi connectivity index (χ0) is 12.7. The topological polar surface area (TPSA) is 29.3 Å². The van der Waals surface area contributed by atoms with E-state index in [1.807, 2.05) is 0 Å². The van der Waals surface area contributed by atoms with E-state index < -0.39 is 0 Å². The zero-order valence-corrected chi connectivity index (χ0v) is 13.7. The molecule has 0 spiro atoms. The Kier molecular flexibility index (Phi) is 4.93. The molecule has 2 nitrogen and oxygen atoms in total. The van der Waals surface area contributed by atoms with Gasteiger partial charge in [0.2, 0.25) is 0 Å². The van der Waals surface area contributed by atoms with Gasteiger partial charge < -0.3 is 5.73 Å². The standard InChI is InChI=1S/C15H21BrN2.ClH/c1-10-2-3-12(14(16)6-10)8-18-7-11-4-5-15(17)13(11)9-18;/h2-3,6,11,13,15H,4-5,7-9,17H2,1H3;1H. The average molecular weight is 346 g/mol. The highest BCUT2D eigenvalue weighted by molar-refractivity contribution is 9.10. The highest BCUT2D eigenvalue weighted by Crippen LogP contribution is 2.38. The van der Waals surface area contributed by atoms with Crippen LogP contribution >= 0.6 is 28.3 Å². The Morgan fingerprint density at radius 2 is 2.11 bits per heavy atom. The van der Waals surface area contributed by atoms with Crippen LogP contribution in [0.25, 0.3) is 0 Å². The summed E-state index contributed by atoms with van der Waals surface area (Å²) >= 11 is 3.68. The van der Waals surface area contributed by atoms with E-state index in [1.165, 1.54) is 41.5 Å². The largest absolute Gasteiger partial charge is 0.327 e. The number of likely N-dealkylation sites (tertiary alicyclic amines) is 1. The molecule has 3 unspecified atom stereocenters. The number of hydrogen-bond donors (Lipinski definition) is 1. The van der Waals surface area contributed by atoms with Crippen molar-refractivity contribution in [2.75, 3.05) is 13.1 Å². The molecular formula is C15H22BrClN2. The van der Waals surface area contributed by atoms with Crippen molar-refractivity contribution < 1.29 is 0 Å². The van der Waals surface area contributed by atoms with E-state index in [0.717, 1.165) is 18.4 Å². The Morgan fingerprint density at radius 1 is 1.32 bits per heavy atom. The second-order valence-corrected chi connectivity index (χ2v) is 6.81. The third-order valence-electron chi connectivity index (χ3n) is 4.59. The number of hydrogen-bond acceptors (Lipinski definition) is 2. The van der Waals surface area contributed by atoms with Gasteiger partial charge in [-0.1, -0.05) is 28.1 Å². The van der Waals surface area contributed by atoms with Gasteiger partial charge in [-0.25, -0.2) is 0 Å². The van der Waals surface area contributed by atoms with Gasteiger partial charge >= 0.3 is 0 Å². The molecule has 1 saturated heterocycles. The summed E-state index contributed by atoms with van der Waals surface area (Å²) in [5.74, 6) is 1.60. The van der Waals surface area contributed by atoms with Crippen molar-refractivity contribution in [3.05, 3.63) is 33.8 Å². The van der Waals surface area contributed by atoms with Crippen LogP contribution < -0.4 is 5.73 Å². The van der Waals surface area contributed by atoms with Crippen LogP contribution in [0.4, 0.5) is 0 Å². The molecule has 1 aromatic carbocycles. The Bertz CT molecular complexity index is 452. The molecule has 1 aliphatic carbocycles. The number of benzene rings is 1. The van der Waals surface area contributed by atoms with Gasteiger partial charge in [-0.05, 0) is 48.8 Å². The predicted octanol–water partition coefficient (Wildman–Crippen LogP) is 3.35. The third kappa shape index (κ3) is 3.15. The molecule has 1 saturated carbocycles. The number of fused-ring (bicyclic) bond motifs is 1. The molecule has 106 valence electrons. The van der Waals surface area contributed by atoms with Crippen LogP contribution in [-0.2, 0) is 6.54 Å². The van der Waals surface area contributed by atoms with E-state index >= 15 is 0 Å². The van der Waals surface area contributed by atoms with Crippen molar-refractivity contribution in [3.63, 3.8) is 0 Å². The number of nitrogens with two attached hydrogens (primary N) is 1. The van der Waals surface area contributed by atoms with Crippen molar-refractivity contribution in [1.29, 1.82) is 0 Å². The first-order valence-corrected chi connectivity index (χ1v) is 7.66. The lowest BCUT2D eigenvalue weighted by molar-refractivity contribution is 0.297. The lowest BCUT2D eigenvalue weighted by Crippen LogP contribution is -2.30. The Labute approximate surface area is 130 Å². The molecule has 1 heterocycles. The molecule has 3 rings (SSSR count). The fourth-order valence-corrected chi connectivity index (χ4v) is 4.17. The van der Waals surface area contributed by atoms with Crippen LogP contribution in [-0.4, -0.2) is 24.0 Å². The smallest absolute Gasteiger partial charge is 0.0245 e. The van der Waals surface area contributed by atoms with E-state index in [9.17, 15) is 0 Å². The molecule has 0 radical (unpaired) electrons. The summed E-state index contributed by atoms with van der Waals surface area (Å²) in [6.45, 7) is 5.61. The number of rotatable bonds is 2. The summed E-state index contributed by atoms with van der Waals surface area (Å²) in [5.41, 5.74) is 8.90.